The van der Waals surface area contributed by atoms with Crippen molar-refractivity contribution < 1.29 is 10.1 Å². The molecule has 0 fully saturated rings. The predicted octanol–water partition coefficient (Wildman–Crippen LogP) is 4.41. The number of Topliss-reactive ketones (excluding diaryl/α,β-unsaturated/α-hetero) is 1. The number of hydrogen-bond acceptors (Lipinski definition) is 1. The van der Waals surface area contributed by atoms with Gasteiger partial charge < -0.3 is 10.3 Å². The van der Waals surface area contributed by atoms with Crippen LogP contribution in [0.25, 0.3) is 10.9 Å². The van der Waals surface area contributed by atoms with Crippen molar-refractivity contribution in [1.82, 2.24) is 4.98 Å². The van der Waals surface area contributed by atoms with Crippen molar-refractivity contribution in [3.05, 3.63) is 71.4 Å². The summed E-state index contributed by atoms with van der Waals surface area (Å²) < 4.78 is 0. The lowest BCUT2D eigenvalue weighted by molar-refractivity contribution is -0.712. The maximum Gasteiger partial charge on any atom is 0.226 e. The van der Waals surface area contributed by atoms with E-state index in [1.54, 1.807) is 0 Å². The number of carbonyl (C=O) groups excluding carboxylic acids is 1. The number of H-pyrrole nitrogens is 1. The van der Waals surface area contributed by atoms with E-state index in [1.807, 2.05) is 30.5 Å². The van der Waals surface area contributed by atoms with Gasteiger partial charge >= 0.3 is 0 Å². The van der Waals surface area contributed by atoms with Gasteiger partial charge in [0.15, 0.2) is 6.04 Å². The fourth-order valence-corrected chi connectivity index (χ4v) is 3.77. The van der Waals surface area contributed by atoms with Crippen LogP contribution in [0.3, 0.4) is 0 Å². The maximum atomic E-state index is 13.5. The van der Waals surface area contributed by atoms with Crippen LogP contribution in [-0.2, 0) is 6.42 Å². The monoisotopic (exact) mass is 349 g/mol. The minimum absolute atomic E-state index is 0.179. The summed E-state index contributed by atoms with van der Waals surface area (Å²) in [7, 11) is 0. The molecule has 3 N–H and O–H groups in total. The van der Waals surface area contributed by atoms with Crippen LogP contribution in [0.1, 0.15) is 61.1 Å². The van der Waals surface area contributed by atoms with E-state index < -0.39 is 0 Å². The Morgan fingerprint density at radius 3 is 2.54 bits per heavy atom. The third-order valence-electron chi connectivity index (χ3n) is 5.15. The predicted molar refractivity (Wildman–Crippen MR) is 107 cm³/mol. The molecule has 3 rings (SSSR count). The number of carbonyl (C=O) groups is 1. The van der Waals surface area contributed by atoms with Gasteiger partial charge in [0.2, 0.25) is 5.78 Å². The molecule has 0 saturated carbocycles. The number of hydrogen-bond donors (Lipinski definition) is 2. The van der Waals surface area contributed by atoms with Crippen LogP contribution >= 0.6 is 0 Å². The minimum Gasteiger partial charge on any atom is -0.360 e. The van der Waals surface area contributed by atoms with Gasteiger partial charge in [-0.3, -0.25) is 4.79 Å². The number of quaternary nitrogens is 1. The van der Waals surface area contributed by atoms with Crippen LogP contribution in [0.4, 0.5) is 0 Å². The van der Waals surface area contributed by atoms with Crippen LogP contribution in [0.2, 0.25) is 0 Å². The lowest BCUT2D eigenvalue weighted by atomic mass is 9.95. The van der Waals surface area contributed by atoms with E-state index in [-0.39, 0.29) is 11.8 Å². The molecule has 3 heteroatoms. The van der Waals surface area contributed by atoms with E-state index in [1.165, 1.54) is 5.56 Å². The molecule has 26 heavy (non-hydrogen) atoms. The van der Waals surface area contributed by atoms with E-state index in [9.17, 15) is 4.79 Å². The fraction of sp³-hybridized carbons (Fsp3) is 0.348. The molecule has 0 aliphatic heterocycles. The molecule has 0 saturated heterocycles. The minimum atomic E-state index is -0.206. The highest BCUT2D eigenvalue weighted by atomic mass is 16.1. The summed E-state index contributed by atoms with van der Waals surface area (Å²) in [5, 5.41) is 3.26. The average Bonchev–Trinajstić information content (AvgIpc) is 3.10. The first kappa shape index (κ1) is 18.4. The lowest BCUT2D eigenvalue weighted by Gasteiger charge is -2.19. The maximum absolute atomic E-state index is 13.5. The molecule has 136 valence electrons. The molecule has 0 aliphatic carbocycles. The van der Waals surface area contributed by atoms with E-state index in [2.05, 4.69) is 55.3 Å². The average molecular weight is 349 g/mol. The lowest BCUT2D eigenvalue weighted by Crippen LogP contribution is -2.91. The topological polar surface area (TPSA) is 49.5 Å². The van der Waals surface area contributed by atoms with Gasteiger partial charge in [0.1, 0.15) is 0 Å². The number of benzene rings is 2. The molecule has 0 spiro atoms. The van der Waals surface area contributed by atoms with Gasteiger partial charge in [0.05, 0.1) is 6.04 Å². The zero-order valence-electron chi connectivity index (χ0n) is 16.0. The Morgan fingerprint density at radius 1 is 1.08 bits per heavy atom. The normalized spacial score (nSPS) is 13.7. The summed E-state index contributed by atoms with van der Waals surface area (Å²) >= 11 is 0. The van der Waals surface area contributed by atoms with Crippen LogP contribution in [0.15, 0.2) is 54.7 Å². The second-order valence-electron chi connectivity index (χ2n) is 7.11. The van der Waals surface area contributed by atoms with Crippen LogP contribution < -0.4 is 5.32 Å². The third-order valence-corrected chi connectivity index (χ3v) is 5.15. The molecule has 0 radical (unpaired) electrons. The van der Waals surface area contributed by atoms with E-state index >= 15 is 0 Å². The second-order valence-corrected chi connectivity index (χ2v) is 7.11. The summed E-state index contributed by atoms with van der Waals surface area (Å²) in [6.45, 7) is 6.54. The van der Waals surface area contributed by atoms with E-state index in [0.717, 1.165) is 41.3 Å². The number of para-hydroxylation sites is 1. The molecule has 0 unspecified atom stereocenters. The number of nitrogens with two attached hydrogens (primary N) is 1. The zero-order valence-corrected chi connectivity index (χ0v) is 16.0. The molecule has 1 aromatic heterocycles. The molecule has 0 aliphatic rings. The van der Waals surface area contributed by atoms with Crippen molar-refractivity contribution in [3.8, 4) is 0 Å². The first-order valence-electron chi connectivity index (χ1n) is 9.68. The molecule has 2 atom stereocenters. The van der Waals surface area contributed by atoms with E-state index in [4.69, 9.17) is 0 Å². The number of fused-ring (bicyclic) bond motifs is 1. The largest absolute Gasteiger partial charge is 0.360 e. The van der Waals surface area contributed by atoms with Gasteiger partial charge in [0, 0.05) is 28.2 Å². The first-order chi connectivity index (χ1) is 12.7. The zero-order chi connectivity index (χ0) is 18.5. The molecule has 3 aromatic rings. The molecular formula is C23H29N2O+. The van der Waals surface area contributed by atoms with Gasteiger partial charge in [0.25, 0.3) is 0 Å². The van der Waals surface area contributed by atoms with Gasteiger partial charge in [-0.2, -0.15) is 0 Å². The van der Waals surface area contributed by atoms with Crippen molar-refractivity contribution in [2.45, 2.75) is 52.1 Å². The standard InChI is InChI=1S/C23H28N2O/c1-4-10-16(3)25-22(18-11-7-6-8-12-18)23(26)20-15-24-21-17(5-2)13-9-14-19(20)21/h6-9,11-16,22,24-25H,4-5,10H2,1-3H3/p+1/t16-,22-/m1/s1. The van der Waals surface area contributed by atoms with Crippen molar-refractivity contribution in [1.29, 1.82) is 0 Å². The third kappa shape index (κ3) is 3.73. The molecule has 1 heterocycles. The highest BCUT2D eigenvalue weighted by Crippen LogP contribution is 2.25. The number of nitrogens with one attached hydrogen (secondary N) is 1. The van der Waals surface area contributed by atoms with Crippen LogP contribution in [0, 0.1) is 0 Å². The smallest absolute Gasteiger partial charge is 0.226 e. The summed E-state index contributed by atoms with van der Waals surface area (Å²) in [6.07, 6.45) is 5.07. The Balaban J connectivity index is 2.00. The number of aromatic amines is 1. The van der Waals surface area contributed by atoms with Crippen molar-refractivity contribution >= 4 is 16.7 Å². The Labute approximate surface area is 155 Å². The van der Waals surface area contributed by atoms with Crippen LogP contribution in [0.5, 0.6) is 0 Å². The molecule has 0 bridgehead atoms. The highest BCUT2D eigenvalue weighted by molar-refractivity contribution is 6.10. The van der Waals surface area contributed by atoms with Gasteiger partial charge in [-0.1, -0.05) is 68.8 Å². The second kappa shape index (κ2) is 8.33. The van der Waals surface area contributed by atoms with Gasteiger partial charge in [-0.25, -0.2) is 0 Å². The number of aryl methyl sites for hydroxylation is 1. The van der Waals surface area contributed by atoms with Gasteiger partial charge in [-0.05, 0) is 25.3 Å². The SMILES string of the molecule is CCC[C@@H](C)[NH2+][C@@H](C(=O)c1c[nH]c2c(CC)cccc12)c1ccccc1. The van der Waals surface area contributed by atoms with Crippen molar-refractivity contribution in [3.63, 3.8) is 0 Å². The molecule has 0 amide bonds. The summed E-state index contributed by atoms with van der Waals surface area (Å²) in [5.41, 5.74) is 4.21. The summed E-state index contributed by atoms with van der Waals surface area (Å²) in [5.74, 6) is 0.179. The van der Waals surface area contributed by atoms with Crippen molar-refractivity contribution in [2.24, 2.45) is 0 Å². The summed E-state index contributed by atoms with van der Waals surface area (Å²) in [4.78, 5) is 16.8. The summed E-state index contributed by atoms with van der Waals surface area (Å²) in [6, 6.07) is 16.6. The van der Waals surface area contributed by atoms with Crippen molar-refractivity contribution in [2.75, 3.05) is 0 Å². The Hall–Kier alpha value is -2.39. The number of rotatable bonds is 8. The fourth-order valence-electron chi connectivity index (χ4n) is 3.77. The number of aromatic nitrogens is 1. The highest BCUT2D eigenvalue weighted by Gasteiger charge is 2.29. The Morgan fingerprint density at radius 2 is 1.85 bits per heavy atom. The molecule has 3 nitrogen and oxygen atoms in total. The number of ketones is 1. The van der Waals surface area contributed by atoms with E-state index in [0.29, 0.717) is 6.04 Å². The van der Waals surface area contributed by atoms with Crippen LogP contribution in [-0.4, -0.2) is 16.8 Å². The Kier molecular flexibility index (Phi) is 5.89. The van der Waals surface area contributed by atoms with Gasteiger partial charge in [-0.15, -0.1) is 0 Å². The quantitative estimate of drug-likeness (QED) is 0.582. The first-order valence-corrected chi connectivity index (χ1v) is 9.68. The molecule has 2 aromatic carbocycles. The Bertz CT molecular complexity index is 866. The molecular weight excluding hydrogens is 320 g/mol.